The number of hydrogen-bond donors (Lipinski definition) is 1. The minimum atomic E-state index is -0.257. The van der Waals surface area contributed by atoms with Crippen LogP contribution >= 0.6 is 0 Å². The van der Waals surface area contributed by atoms with Gasteiger partial charge in [-0.15, -0.1) is 0 Å². The molecule has 0 aliphatic heterocycles. The van der Waals surface area contributed by atoms with Gasteiger partial charge in [0.2, 0.25) is 0 Å². The number of halogens is 1. The number of pyridine rings is 1. The zero-order chi connectivity index (χ0) is 11.7. The highest BCUT2D eigenvalue weighted by atomic mass is 19.1. The molecule has 0 saturated carbocycles. The summed E-state index contributed by atoms with van der Waals surface area (Å²) in [6.45, 7) is 3.50. The van der Waals surface area contributed by atoms with Crippen molar-refractivity contribution in [3.63, 3.8) is 0 Å². The largest absolute Gasteiger partial charge is 0.326 e. The topological polar surface area (TPSA) is 32.9 Å². The lowest BCUT2D eigenvalue weighted by Crippen LogP contribution is -2.09. The van der Waals surface area contributed by atoms with Crippen LogP contribution in [0.4, 0.5) is 4.39 Å². The van der Waals surface area contributed by atoms with Crippen LogP contribution in [0.25, 0.3) is 11.1 Å². The van der Waals surface area contributed by atoms with E-state index < -0.39 is 0 Å². The van der Waals surface area contributed by atoms with Gasteiger partial charge in [-0.2, -0.15) is 0 Å². The first kappa shape index (κ1) is 10.6. The Balaban J connectivity index is 2.59. The van der Waals surface area contributed by atoms with E-state index in [1.165, 1.54) is 6.07 Å². The highest BCUT2D eigenvalue weighted by Crippen LogP contribution is 2.18. The van der Waals surface area contributed by atoms with E-state index >= 15 is 0 Å². The predicted molar refractivity (Wildman–Crippen MR) is 61.9 cm³/mol. The molecule has 0 atom stereocenters. The van der Waals surface area contributed by atoms with Gasteiger partial charge in [0.15, 0.2) is 0 Å². The van der Waals surface area contributed by atoms with Crippen molar-refractivity contribution in [2.24, 2.45) is 0 Å². The van der Waals surface area contributed by atoms with Crippen molar-refractivity contribution in [3.8, 4) is 11.1 Å². The second-order valence-corrected chi connectivity index (χ2v) is 3.85. The highest BCUT2D eigenvalue weighted by Gasteiger charge is 2.05. The number of H-pyrrole nitrogens is 1. The van der Waals surface area contributed by atoms with E-state index in [0.29, 0.717) is 11.1 Å². The van der Waals surface area contributed by atoms with Crippen LogP contribution in [-0.2, 0) is 0 Å². The zero-order valence-corrected chi connectivity index (χ0v) is 9.17. The van der Waals surface area contributed by atoms with Gasteiger partial charge in [-0.25, -0.2) is 4.39 Å². The van der Waals surface area contributed by atoms with Crippen molar-refractivity contribution in [1.29, 1.82) is 0 Å². The lowest BCUT2D eigenvalue weighted by molar-refractivity contribution is 0.619. The Labute approximate surface area is 92.8 Å². The van der Waals surface area contributed by atoms with Crippen LogP contribution in [0.1, 0.15) is 11.3 Å². The first-order chi connectivity index (χ1) is 7.58. The minimum absolute atomic E-state index is 0.147. The molecule has 0 bridgehead atoms. The molecule has 1 N–H and O–H groups in total. The van der Waals surface area contributed by atoms with Crippen molar-refractivity contribution in [1.82, 2.24) is 4.98 Å². The van der Waals surface area contributed by atoms with Crippen molar-refractivity contribution in [2.75, 3.05) is 0 Å². The third-order valence-corrected chi connectivity index (χ3v) is 2.52. The second-order valence-electron chi connectivity index (χ2n) is 3.85. The average molecular weight is 217 g/mol. The average Bonchev–Trinajstić information content (AvgIpc) is 2.22. The highest BCUT2D eigenvalue weighted by molar-refractivity contribution is 5.63. The van der Waals surface area contributed by atoms with Crippen LogP contribution < -0.4 is 5.56 Å². The fourth-order valence-corrected chi connectivity index (χ4v) is 1.61. The summed E-state index contributed by atoms with van der Waals surface area (Å²) >= 11 is 0. The molecule has 1 aromatic heterocycles. The Hall–Kier alpha value is -1.90. The Bertz CT molecular complexity index is 587. The number of aromatic amines is 1. The first-order valence-corrected chi connectivity index (χ1v) is 5.04. The van der Waals surface area contributed by atoms with E-state index in [1.54, 1.807) is 25.1 Å². The van der Waals surface area contributed by atoms with Gasteiger partial charge in [0.25, 0.3) is 5.56 Å². The number of aromatic nitrogens is 1. The molecule has 0 aliphatic carbocycles. The summed E-state index contributed by atoms with van der Waals surface area (Å²) in [6.07, 6.45) is 0. The standard InChI is InChI=1S/C13H12FNO/c1-8-7-10(4-6-12(8)14)11-5-3-9(2)15-13(11)16/h3-7H,1-2H3,(H,15,16). The molecule has 0 amide bonds. The summed E-state index contributed by atoms with van der Waals surface area (Å²) in [6, 6.07) is 8.25. The van der Waals surface area contributed by atoms with E-state index in [2.05, 4.69) is 4.98 Å². The van der Waals surface area contributed by atoms with E-state index in [1.807, 2.05) is 13.0 Å². The Morgan fingerprint density at radius 3 is 2.50 bits per heavy atom. The molecule has 0 fully saturated rings. The van der Waals surface area contributed by atoms with E-state index in [9.17, 15) is 9.18 Å². The molecule has 1 heterocycles. The van der Waals surface area contributed by atoms with Crippen LogP contribution in [0.2, 0.25) is 0 Å². The molecular weight excluding hydrogens is 205 g/mol. The fraction of sp³-hybridized carbons (Fsp3) is 0.154. The van der Waals surface area contributed by atoms with Gasteiger partial charge in [0.1, 0.15) is 5.82 Å². The molecular formula is C13H12FNO. The zero-order valence-electron chi connectivity index (χ0n) is 9.17. The molecule has 2 nitrogen and oxygen atoms in total. The van der Waals surface area contributed by atoms with E-state index in [0.717, 1.165) is 11.3 Å². The third-order valence-electron chi connectivity index (χ3n) is 2.52. The van der Waals surface area contributed by atoms with Gasteiger partial charge in [0.05, 0.1) is 0 Å². The van der Waals surface area contributed by atoms with Gasteiger partial charge < -0.3 is 4.98 Å². The third kappa shape index (κ3) is 1.89. The fourth-order valence-electron chi connectivity index (χ4n) is 1.61. The summed E-state index contributed by atoms with van der Waals surface area (Å²) in [5, 5.41) is 0. The molecule has 0 saturated heterocycles. The number of hydrogen-bond acceptors (Lipinski definition) is 1. The summed E-state index contributed by atoms with van der Waals surface area (Å²) in [5.41, 5.74) is 2.50. The number of benzene rings is 1. The molecule has 0 spiro atoms. The number of aryl methyl sites for hydroxylation is 2. The second kappa shape index (κ2) is 3.93. The summed E-state index contributed by atoms with van der Waals surface area (Å²) in [4.78, 5) is 14.4. The molecule has 16 heavy (non-hydrogen) atoms. The quantitative estimate of drug-likeness (QED) is 0.782. The molecule has 3 heteroatoms. The molecule has 0 radical (unpaired) electrons. The summed E-state index contributed by atoms with van der Waals surface area (Å²) in [5.74, 6) is -0.257. The van der Waals surface area contributed by atoms with Crippen LogP contribution in [0.3, 0.4) is 0 Å². The van der Waals surface area contributed by atoms with Gasteiger partial charge in [-0.3, -0.25) is 4.79 Å². The summed E-state index contributed by atoms with van der Waals surface area (Å²) in [7, 11) is 0. The molecule has 0 aliphatic rings. The summed E-state index contributed by atoms with van der Waals surface area (Å²) < 4.78 is 13.1. The lowest BCUT2D eigenvalue weighted by atomic mass is 10.0. The molecule has 2 rings (SSSR count). The van der Waals surface area contributed by atoms with Gasteiger partial charge in [0, 0.05) is 11.3 Å². The SMILES string of the molecule is Cc1ccc(-c2ccc(F)c(C)c2)c(=O)[nH]1. The molecule has 2 aromatic rings. The number of rotatable bonds is 1. The van der Waals surface area contributed by atoms with Crippen LogP contribution in [-0.4, -0.2) is 4.98 Å². The smallest absolute Gasteiger partial charge is 0.256 e. The van der Waals surface area contributed by atoms with Crippen molar-refractivity contribution < 1.29 is 4.39 Å². The van der Waals surface area contributed by atoms with Crippen LogP contribution in [0.15, 0.2) is 35.1 Å². The van der Waals surface area contributed by atoms with Crippen LogP contribution in [0.5, 0.6) is 0 Å². The first-order valence-electron chi connectivity index (χ1n) is 5.04. The monoisotopic (exact) mass is 217 g/mol. The lowest BCUT2D eigenvalue weighted by Gasteiger charge is -2.03. The van der Waals surface area contributed by atoms with E-state index in [-0.39, 0.29) is 11.4 Å². The predicted octanol–water partition coefficient (Wildman–Crippen LogP) is 2.80. The minimum Gasteiger partial charge on any atom is -0.326 e. The van der Waals surface area contributed by atoms with Gasteiger partial charge >= 0.3 is 0 Å². The Morgan fingerprint density at radius 1 is 1.12 bits per heavy atom. The van der Waals surface area contributed by atoms with Crippen molar-refractivity contribution in [3.05, 3.63) is 57.8 Å². The molecule has 0 unspecified atom stereocenters. The molecule has 1 aromatic carbocycles. The van der Waals surface area contributed by atoms with Crippen molar-refractivity contribution in [2.45, 2.75) is 13.8 Å². The maximum absolute atomic E-state index is 13.1. The Kier molecular flexibility index (Phi) is 2.60. The van der Waals surface area contributed by atoms with Gasteiger partial charge in [-0.1, -0.05) is 6.07 Å². The maximum Gasteiger partial charge on any atom is 0.256 e. The Morgan fingerprint density at radius 2 is 1.88 bits per heavy atom. The van der Waals surface area contributed by atoms with Crippen molar-refractivity contribution >= 4 is 0 Å². The van der Waals surface area contributed by atoms with Crippen LogP contribution in [0, 0.1) is 19.7 Å². The van der Waals surface area contributed by atoms with Gasteiger partial charge in [-0.05, 0) is 49.2 Å². The number of nitrogens with one attached hydrogen (secondary N) is 1. The molecule has 82 valence electrons. The van der Waals surface area contributed by atoms with E-state index in [4.69, 9.17) is 0 Å². The maximum atomic E-state index is 13.1. The normalized spacial score (nSPS) is 10.4.